The molecule has 0 atom stereocenters. The van der Waals surface area contributed by atoms with E-state index in [0.29, 0.717) is 13.0 Å². The van der Waals surface area contributed by atoms with E-state index in [-0.39, 0.29) is 22.1 Å². The Balaban J connectivity index is 1.64. The van der Waals surface area contributed by atoms with Crippen LogP contribution in [0.3, 0.4) is 0 Å². The molecule has 146 valence electrons. The minimum absolute atomic E-state index is 0.0531. The maximum absolute atomic E-state index is 12.6. The number of carbonyl (C=O) groups excluding carboxylic acids is 1. The molecule has 2 aromatic rings. The molecule has 2 heterocycles. The van der Waals surface area contributed by atoms with Crippen LogP contribution in [-0.2, 0) is 21.2 Å². The molecule has 0 spiro atoms. The number of amides is 1. The lowest BCUT2D eigenvalue weighted by Crippen LogP contribution is -2.30. The van der Waals surface area contributed by atoms with Crippen LogP contribution >= 0.6 is 23.1 Å². The van der Waals surface area contributed by atoms with Crippen LogP contribution < -0.4 is 15.4 Å². The lowest BCUT2D eigenvalue weighted by atomic mass is 10.1. The van der Waals surface area contributed by atoms with E-state index in [9.17, 15) is 13.2 Å². The number of nitrogens with zero attached hydrogens (tertiary/aromatic N) is 3. The molecule has 8 nitrogen and oxygen atoms in total. The maximum atomic E-state index is 12.6. The van der Waals surface area contributed by atoms with Gasteiger partial charge in [-0.2, -0.15) is 0 Å². The summed E-state index contributed by atoms with van der Waals surface area (Å²) < 4.78 is 23.7. The Morgan fingerprint density at radius 2 is 2.11 bits per heavy atom. The number of thioether (sulfide) groups is 1. The highest BCUT2D eigenvalue weighted by atomic mass is 32.2. The molecule has 3 rings (SSSR count). The van der Waals surface area contributed by atoms with Crippen molar-refractivity contribution in [3.05, 3.63) is 23.8 Å². The van der Waals surface area contributed by atoms with Crippen molar-refractivity contribution in [3.8, 4) is 0 Å². The first kappa shape index (κ1) is 20.1. The molecule has 1 aliphatic heterocycles. The number of rotatable bonds is 5. The second-order valence-corrected chi connectivity index (χ2v) is 10.9. The number of nitrogens with two attached hydrogens (primary N) is 1. The van der Waals surface area contributed by atoms with Crippen LogP contribution in [0.5, 0.6) is 0 Å². The number of hydrogen-bond acceptors (Lipinski definition) is 8. The van der Waals surface area contributed by atoms with Gasteiger partial charge in [0.15, 0.2) is 4.34 Å². The summed E-state index contributed by atoms with van der Waals surface area (Å²) in [6.07, 6.45) is 0.605. The number of carbonyl (C=O) groups is 1. The summed E-state index contributed by atoms with van der Waals surface area (Å²) >= 11 is 2.75. The number of primary sulfonamides is 1. The molecule has 0 unspecified atom stereocenters. The summed E-state index contributed by atoms with van der Waals surface area (Å²) in [7, 11) is -3.75. The predicted molar refractivity (Wildman–Crippen MR) is 108 cm³/mol. The lowest BCUT2D eigenvalue weighted by molar-refractivity contribution is -0.116. The summed E-state index contributed by atoms with van der Waals surface area (Å²) in [5.41, 5.74) is 1.44. The molecule has 0 saturated heterocycles. The number of anilines is 2. The second kappa shape index (κ2) is 7.38. The van der Waals surface area contributed by atoms with Gasteiger partial charge in [-0.25, -0.2) is 13.6 Å². The Labute approximate surface area is 166 Å². The van der Waals surface area contributed by atoms with E-state index in [1.807, 2.05) is 20.8 Å². The second-order valence-electron chi connectivity index (χ2n) is 7.17. The van der Waals surface area contributed by atoms with Crippen molar-refractivity contribution >= 4 is 49.8 Å². The van der Waals surface area contributed by atoms with Crippen LogP contribution in [0.2, 0.25) is 0 Å². The number of fused-ring (bicyclic) bond motifs is 1. The first-order chi connectivity index (χ1) is 12.5. The molecule has 27 heavy (non-hydrogen) atoms. The van der Waals surface area contributed by atoms with E-state index in [1.165, 1.54) is 29.2 Å². The number of sulfonamides is 1. The zero-order valence-corrected chi connectivity index (χ0v) is 17.7. The standard InChI is InChI=1S/C16H21N5O3S3/c1-16(2,3)18-14-19-20-15(26-14)25-9-13(22)21-7-6-10-8-11(27(17,23)24)4-5-12(10)21/h4-5,8H,6-7,9H2,1-3H3,(H,18,19)(H2,17,23,24). The van der Waals surface area contributed by atoms with Crippen LogP contribution in [0.15, 0.2) is 27.4 Å². The molecule has 0 radical (unpaired) electrons. The van der Waals surface area contributed by atoms with Crippen molar-refractivity contribution < 1.29 is 13.2 Å². The molecule has 0 saturated carbocycles. The Kier molecular flexibility index (Phi) is 5.48. The number of hydrogen-bond donors (Lipinski definition) is 2. The van der Waals surface area contributed by atoms with E-state index in [1.54, 1.807) is 17.0 Å². The highest BCUT2D eigenvalue weighted by Gasteiger charge is 2.26. The quantitative estimate of drug-likeness (QED) is 0.701. The smallest absolute Gasteiger partial charge is 0.238 e. The van der Waals surface area contributed by atoms with Crippen molar-refractivity contribution in [1.82, 2.24) is 10.2 Å². The average Bonchev–Trinajstić information content (AvgIpc) is 3.16. The third kappa shape index (κ3) is 4.98. The van der Waals surface area contributed by atoms with Gasteiger partial charge in [0.2, 0.25) is 21.1 Å². The molecular formula is C16H21N5O3S3. The summed E-state index contributed by atoms with van der Waals surface area (Å²) in [5, 5.41) is 17.3. The molecule has 1 amide bonds. The first-order valence-electron chi connectivity index (χ1n) is 8.23. The molecule has 1 aliphatic rings. The number of aromatic nitrogens is 2. The summed E-state index contributed by atoms with van der Waals surface area (Å²) in [6, 6.07) is 4.61. The third-order valence-corrected chi connectivity index (χ3v) is 6.65. The monoisotopic (exact) mass is 427 g/mol. The maximum Gasteiger partial charge on any atom is 0.238 e. The third-order valence-electron chi connectivity index (χ3n) is 3.78. The van der Waals surface area contributed by atoms with Crippen LogP contribution in [0.4, 0.5) is 10.8 Å². The molecule has 0 bridgehead atoms. The average molecular weight is 428 g/mol. The van der Waals surface area contributed by atoms with Crippen LogP contribution in [-0.4, -0.2) is 42.4 Å². The van der Waals surface area contributed by atoms with E-state index < -0.39 is 10.0 Å². The Hall–Kier alpha value is -1.69. The predicted octanol–water partition coefficient (Wildman–Crippen LogP) is 2.08. The van der Waals surface area contributed by atoms with Gasteiger partial charge < -0.3 is 10.2 Å². The fourth-order valence-electron chi connectivity index (χ4n) is 2.65. The zero-order valence-electron chi connectivity index (χ0n) is 15.2. The van der Waals surface area contributed by atoms with Gasteiger partial charge in [-0.3, -0.25) is 4.79 Å². The fraction of sp³-hybridized carbons (Fsp3) is 0.438. The van der Waals surface area contributed by atoms with Gasteiger partial charge in [0, 0.05) is 17.8 Å². The van der Waals surface area contributed by atoms with Crippen LogP contribution in [0, 0.1) is 0 Å². The van der Waals surface area contributed by atoms with Gasteiger partial charge >= 0.3 is 0 Å². The van der Waals surface area contributed by atoms with Gasteiger partial charge in [-0.1, -0.05) is 23.1 Å². The molecule has 1 aromatic carbocycles. The highest BCUT2D eigenvalue weighted by molar-refractivity contribution is 8.01. The summed E-state index contributed by atoms with van der Waals surface area (Å²) in [5.74, 6) is 0.184. The SMILES string of the molecule is CC(C)(C)Nc1nnc(SCC(=O)N2CCc3cc(S(N)(=O)=O)ccc32)s1. The van der Waals surface area contributed by atoms with Gasteiger partial charge in [0.1, 0.15) is 0 Å². The Bertz CT molecular complexity index is 966. The molecule has 11 heteroatoms. The Morgan fingerprint density at radius 3 is 2.78 bits per heavy atom. The molecule has 0 fully saturated rings. The minimum atomic E-state index is -3.75. The molecule has 3 N–H and O–H groups in total. The number of benzene rings is 1. The van der Waals surface area contributed by atoms with E-state index in [0.717, 1.165) is 20.7 Å². The van der Waals surface area contributed by atoms with Crippen molar-refractivity contribution in [2.45, 2.75) is 42.0 Å². The summed E-state index contributed by atoms with van der Waals surface area (Å²) in [6.45, 7) is 6.64. The number of nitrogens with one attached hydrogen (secondary N) is 1. The lowest BCUT2D eigenvalue weighted by Gasteiger charge is -2.18. The fourth-order valence-corrected chi connectivity index (χ4v) is 5.06. The largest absolute Gasteiger partial charge is 0.355 e. The topological polar surface area (TPSA) is 118 Å². The van der Waals surface area contributed by atoms with Crippen LogP contribution in [0.1, 0.15) is 26.3 Å². The van der Waals surface area contributed by atoms with Gasteiger partial charge in [-0.15, -0.1) is 10.2 Å². The zero-order chi connectivity index (χ0) is 19.8. The van der Waals surface area contributed by atoms with Crippen LogP contribution in [0.25, 0.3) is 0 Å². The summed E-state index contributed by atoms with van der Waals surface area (Å²) in [4.78, 5) is 14.3. The molecule has 0 aliphatic carbocycles. The van der Waals surface area contributed by atoms with E-state index >= 15 is 0 Å². The van der Waals surface area contributed by atoms with E-state index in [2.05, 4.69) is 15.5 Å². The van der Waals surface area contributed by atoms with Crippen molar-refractivity contribution in [2.75, 3.05) is 22.5 Å². The van der Waals surface area contributed by atoms with E-state index in [4.69, 9.17) is 5.14 Å². The van der Waals surface area contributed by atoms with Crippen molar-refractivity contribution in [1.29, 1.82) is 0 Å². The minimum Gasteiger partial charge on any atom is -0.355 e. The highest BCUT2D eigenvalue weighted by Crippen LogP contribution is 2.32. The van der Waals surface area contributed by atoms with Gasteiger partial charge in [-0.05, 0) is 51.0 Å². The van der Waals surface area contributed by atoms with Gasteiger partial charge in [0.25, 0.3) is 0 Å². The first-order valence-corrected chi connectivity index (χ1v) is 11.6. The van der Waals surface area contributed by atoms with Crippen molar-refractivity contribution in [3.63, 3.8) is 0 Å². The van der Waals surface area contributed by atoms with Gasteiger partial charge in [0.05, 0.1) is 10.6 Å². The molecular weight excluding hydrogens is 406 g/mol. The molecule has 1 aromatic heterocycles. The van der Waals surface area contributed by atoms with Crippen molar-refractivity contribution in [2.24, 2.45) is 5.14 Å². The Morgan fingerprint density at radius 1 is 1.37 bits per heavy atom. The normalized spacial score (nSPS) is 14.3.